The summed E-state index contributed by atoms with van der Waals surface area (Å²) in [5.74, 6) is 0.424. The van der Waals surface area contributed by atoms with Gasteiger partial charge in [0.05, 0.1) is 7.11 Å². The van der Waals surface area contributed by atoms with E-state index in [2.05, 4.69) is 10.2 Å². The highest BCUT2D eigenvalue weighted by molar-refractivity contribution is 5.34. The van der Waals surface area contributed by atoms with E-state index in [1.54, 1.807) is 19.2 Å². The Hall–Kier alpha value is -1.13. The molecular formula is C14H21FN2O. The zero-order valence-corrected chi connectivity index (χ0v) is 11.1. The molecule has 0 radical (unpaired) electrons. The van der Waals surface area contributed by atoms with Crippen molar-refractivity contribution in [1.82, 2.24) is 10.2 Å². The molecule has 0 amide bonds. The van der Waals surface area contributed by atoms with E-state index < -0.39 is 0 Å². The van der Waals surface area contributed by atoms with Gasteiger partial charge in [-0.2, -0.15) is 0 Å². The van der Waals surface area contributed by atoms with Crippen LogP contribution in [0.1, 0.15) is 18.4 Å². The van der Waals surface area contributed by atoms with Gasteiger partial charge in [0, 0.05) is 31.2 Å². The summed E-state index contributed by atoms with van der Waals surface area (Å²) in [6.07, 6.45) is 2.59. The normalized spacial score (nSPS) is 15.1. The molecule has 1 saturated carbocycles. The van der Waals surface area contributed by atoms with E-state index in [1.165, 1.54) is 18.9 Å². The fourth-order valence-corrected chi connectivity index (χ4v) is 1.98. The Kier molecular flexibility index (Phi) is 4.55. The van der Waals surface area contributed by atoms with Gasteiger partial charge >= 0.3 is 0 Å². The zero-order chi connectivity index (χ0) is 13.0. The fraction of sp³-hybridized carbons (Fsp3) is 0.571. The van der Waals surface area contributed by atoms with E-state index in [9.17, 15) is 4.39 Å². The second-order valence-corrected chi connectivity index (χ2v) is 4.89. The average molecular weight is 252 g/mol. The highest BCUT2D eigenvalue weighted by Crippen LogP contribution is 2.22. The van der Waals surface area contributed by atoms with Crippen molar-refractivity contribution in [2.24, 2.45) is 0 Å². The van der Waals surface area contributed by atoms with Gasteiger partial charge in [-0.15, -0.1) is 0 Å². The number of halogens is 1. The van der Waals surface area contributed by atoms with Crippen molar-refractivity contribution in [2.75, 3.05) is 27.2 Å². The predicted octanol–water partition coefficient (Wildman–Crippen LogP) is 2.02. The van der Waals surface area contributed by atoms with E-state index in [0.29, 0.717) is 17.9 Å². The molecule has 0 bridgehead atoms. The largest absolute Gasteiger partial charge is 0.496 e. The van der Waals surface area contributed by atoms with Crippen LogP contribution in [0.3, 0.4) is 0 Å². The predicted molar refractivity (Wildman–Crippen MR) is 70.3 cm³/mol. The SMILES string of the molecule is COc1cccc(F)c1CN(C)CCNC1CC1. The van der Waals surface area contributed by atoms with Crippen LogP contribution in [-0.4, -0.2) is 38.2 Å². The Morgan fingerprint density at radius 1 is 1.44 bits per heavy atom. The van der Waals surface area contributed by atoms with Gasteiger partial charge in [-0.25, -0.2) is 4.39 Å². The molecule has 0 aliphatic heterocycles. The number of likely N-dealkylation sites (N-methyl/N-ethyl adjacent to an activating group) is 1. The lowest BCUT2D eigenvalue weighted by Crippen LogP contribution is -2.30. The smallest absolute Gasteiger partial charge is 0.131 e. The minimum absolute atomic E-state index is 0.198. The van der Waals surface area contributed by atoms with Crippen LogP contribution in [0.25, 0.3) is 0 Å². The fourth-order valence-electron chi connectivity index (χ4n) is 1.98. The minimum Gasteiger partial charge on any atom is -0.496 e. The molecule has 0 unspecified atom stereocenters. The third kappa shape index (κ3) is 3.68. The van der Waals surface area contributed by atoms with Gasteiger partial charge in [0.1, 0.15) is 11.6 Å². The average Bonchev–Trinajstić information content (AvgIpc) is 3.16. The lowest BCUT2D eigenvalue weighted by molar-refractivity contribution is 0.308. The first kappa shape index (κ1) is 13.3. The van der Waals surface area contributed by atoms with Gasteiger partial charge in [-0.05, 0) is 32.0 Å². The standard InChI is InChI=1S/C14H21FN2O/c1-17(9-8-16-11-6-7-11)10-12-13(15)4-3-5-14(12)18-2/h3-5,11,16H,6-10H2,1-2H3. The maximum Gasteiger partial charge on any atom is 0.131 e. The number of methoxy groups -OCH3 is 1. The van der Waals surface area contributed by atoms with Crippen LogP contribution in [0.4, 0.5) is 4.39 Å². The van der Waals surface area contributed by atoms with Crippen LogP contribution < -0.4 is 10.1 Å². The number of nitrogens with zero attached hydrogens (tertiary/aromatic N) is 1. The van der Waals surface area contributed by atoms with E-state index in [1.807, 2.05) is 7.05 Å². The number of nitrogens with one attached hydrogen (secondary N) is 1. The number of rotatable bonds is 7. The molecule has 1 fully saturated rings. The summed E-state index contributed by atoms with van der Waals surface area (Å²) in [6.45, 7) is 2.44. The highest BCUT2D eigenvalue weighted by atomic mass is 19.1. The first-order valence-corrected chi connectivity index (χ1v) is 6.44. The summed E-state index contributed by atoms with van der Waals surface area (Å²) in [7, 11) is 3.58. The quantitative estimate of drug-likeness (QED) is 0.803. The van der Waals surface area contributed by atoms with Crippen LogP contribution in [0.5, 0.6) is 5.75 Å². The molecule has 2 rings (SSSR count). The molecule has 3 nitrogen and oxygen atoms in total. The van der Waals surface area contributed by atoms with Crippen LogP contribution in [0, 0.1) is 5.82 Å². The van der Waals surface area contributed by atoms with Crippen molar-refractivity contribution in [3.63, 3.8) is 0 Å². The van der Waals surface area contributed by atoms with Crippen molar-refractivity contribution in [2.45, 2.75) is 25.4 Å². The van der Waals surface area contributed by atoms with Gasteiger partial charge in [-0.1, -0.05) is 6.07 Å². The van der Waals surface area contributed by atoms with E-state index in [0.717, 1.165) is 19.1 Å². The summed E-state index contributed by atoms with van der Waals surface area (Å²) in [4.78, 5) is 2.11. The second kappa shape index (κ2) is 6.16. The zero-order valence-electron chi connectivity index (χ0n) is 11.1. The van der Waals surface area contributed by atoms with Gasteiger partial charge in [0.25, 0.3) is 0 Å². The molecule has 0 atom stereocenters. The summed E-state index contributed by atoms with van der Waals surface area (Å²) < 4.78 is 18.9. The summed E-state index contributed by atoms with van der Waals surface area (Å²) >= 11 is 0. The maximum atomic E-state index is 13.7. The molecule has 0 heterocycles. The molecule has 1 aromatic carbocycles. The van der Waals surface area contributed by atoms with Crippen LogP contribution >= 0.6 is 0 Å². The van der Waals surface area contributed by atoms with E-state index in [4.69, 9.17) is 4.74 Å². The van der Waals surface area contributed by atoms with Crippen molar-refractivity contribution in [1.29, 1.82) is 0 Å². The van der Waals surface area contributed by atoms with Gasteiger partial charge in [0.2, 0.25) is 0 Å². The topological polar surface area (TPSA) is 24.5 Å². The van der Waals surface area contributed by atoms with Crippen LogP contribution in [0.2, 0.25) is 0 Å². The summed E-state index contributed by atoms with van der Waals surface area (Å²) in [5.41, 5.74) is 0.633. The Labute approximate surface area is 108 Å². The molecule has 4 heteroatoms. The third-order valence-electron chi connectivity index (χ3n) is 3.23. The first-order valence-electron chi connectivity index (χ1n) is 6.44. The second-order valence-electron chi connectivity index (χ2n) is 4.89. The number of ether oxygens (including phenoxy) is 1. The number of hydrogen-bond donors (Lipinski definition) is 1. The van der Waals surface area contributed by atoms with Crippen molar-refractivity contribution < 1.29 is 9.13 Å². The number of hydrogen-bond acceptors (Lipinski definition) is 3. The number of benzene rings is 1. The van der Waals surface area contributed by atoms with Crippen molar-refractivity contribution >= 4 is 0 Å². The van der Waals surface area contributed by atoms with Crippen LogP contribution in [-0.2, 0) is 6.54 Å². The lowest BCUT2D eigenvalue weighted by atomic mass is 10.1. The van der Waals surface area contributed by atoms with Gasteiger partial charge < -0.3 is 15.0 Å². The van der Waals surface area contributed by atoms with E-state index in [-0.39, 0.29) is 5.82 Å². The molecule has 1 N–H and O–H groups in total. The molecule has 0 saturated heterocycles. The Balaban J connectivity index is 1.86. The molecule has 0 aromatic heterocycles. The summed E-state index contributed by atoms with van der Waals surface area (Å²) in [5, 5.41) is 3.45. The monoisotopic (exact) mass is 252 g/mol. The highest BCUT2D eigenvalue weighted by Gasteiger charge is 2.20. The van der Waals surface area contributed by atoms with Gasteiger partial charge in [0.15, 0.2) is 0 Å². The minimum atomic E-state index is -0.198. The Bertz CT molecular complexity index is 393. The van der Waals surface area contributed by atoms with Gasteiger partial charge in [-0.3, -0.25) is 0 Å². The molecule has 18 heavy (non-hydrogen) atoms. The first-order chi connectivity index (χ1) is 8.70. The van der Waals surface area contributed by atoms with Crippen LogP contribution in [0.15, 0.2) is 18.2 Å². The maximum absolute atomic E-state index is 13.7. The summed E-state index contributed by atoms with van der Waals surface area (Å²) in [6, 6.07) is 5.68. The van der Waals surface area contributed by atoms with Crippen molar-refractivity contribution in [3.05, 3.63) is 29.6 Å². The molecule has 1 aliphatic rings. The molecule has 100 valence electrons. The van der Waals surface area contributed by atoms with E-state index >= 15 is 0 Å². The molecule has 1 aliphatic carbocycles. The molecular weight excluding hydrogens is 231 g/mol. The third-order valence-corrected chi connectivity index (χ3v) is 3.23. The molecule has 1 aromatic rings. The Morgan fingerprint density at radius 2 is 2.22 bits per heavy atom. The lowest BCUT2D eigenvalue weighted by Gasteiger charge is -2.19. The molecule has 0 spiro atoms. The van der Waals surface area contributed by atoms with Crippen molar-refractivity contribution in [3.8, 4) is 5.75 Å². The Morgan fingerprint density at radius 3 is 2.89 bits per heavy atom.